The van der Waals surface area contributed by atoms with Gasteiger partial charge in [-0.3, -0.25) is 9.59 Å². The number of hydrogen-bond donors (Lipinski definition) is 4. The third kappa shape index (κ3) is 6.49. The van der Waals surface area contributed by atoms with Gasteiger partial charge in [-0.05, 0) is 45.7 Å². The minimum atomic E-state index is -3.85. The van der Waals surface area contributed by atoms with E-state index in [-0.39, 0.29) is 18.0 Å². The number of rotatable bonds is 8. The summed E-state index contributed by atoms with van der Waals surface area (Å²) >= 11 is 0. The molecule has 0 aromatic heterocycles. The zero-order chi connectivity index (χ0) is 23.3. The highest BCUT2D eigenvalue weighted by Crippen LogP contribution is 2.19. The van der Waals surface area contributed by atoms with Crippen LogP contribution in [-0.4, -0.2) is 72.6 Å². The summed E-state index contributed by atoms with van der Waals surface area (Å²) in [5.41, 5.74) is 0.915. The van der Waals surface area contributed by atoms with E-state index >= 15 is 0 Å². The first-order valence-electron chi connectivity index (χ1n) is 10.0. The molecule has 4 N–H and O–H groups in total. The topological polar surface area (TPSA) is 153 Å². The first-order valence-corrected chi connectivity index (χ1v) is 11.5. The van der Waals surface area contributed by atoms with Crippen LogP contribution in [0.1, 0.15) is 32.3 Å². The number of amides is 2. The van der Waals surface area contributed by atoms with Gasteiger partial charge < -0.3 is 20.4 Å². The Kier molecular flexibility index (Phi) is 8.15. The van der Waals surface area contributed by atoms with Gasteiger partial charge in [-0.15, -0.1) is 0 Å². The van der Waals surface area contributed by atoms with E-state index in [1.54, 1.807) is 12.1 Å². The van der Waals surface area contributed by atoms with Gasteiger partial charge in [-0.25, -0.2) is 13.2 Å². The molecule has 1 aliphatic heterocycles. The van der Waals surface area contributed by atoms with E-state index in [0.717, 1.165) is 5.56 Å². The van der Waals surface area contributed by atoms with Crippen LogP contribution in [0.2, 0.25) is 0 Å². The van der Waals surface area contributed by atoms with E-state index in [9.17, 15) is 27.9 Å². The van der Waals surface area contributed by atoms with Gasteiger partial charge >= 0.3 is 5.97 Å². The number of aliphatic carboxylic acids is 1. The Hall–Kier alpha value is -2.50. The van der Waals surface area contributed by atoms with Crippen LogP contribution in [0, 0.1) is 12.8 Å². The predicted octanol–water partition coefficient (Wildman–Crippen LogP) is -0.149. The molecule has 10 nitrogen and oxygen atoms in total. The molecule has 1 aliphatic rings. The second-order valence-corrected chi connectivity index (χ2v) is 9.53. The summed E-state index contributed by atoms with van der Waals surface area (Å²) < 4.78 is 27.4. The smallest absolute Gasteiger partial charge is 0.328 e. The van der Waals surface area contributed by atoms with Crippen LogP contribution in [0.25, 0.3) is 0 Å². The Labute approximate surface area is 181 Å². The third-order valence-corrected chi connectivity index (χ3v) is 6.81. The summed E-state index contributed by atoms with van der Waals surface area (Å²) in [6, 6.07) is 3.89. The molecule has 31 heavy (non-hydrogen) atoms. The van der Waals surface area contributed by atoms with E-state index in [0.29, 0.717) is 12.8 Å². The zero-order valence-corrected chi connectivity index (χ0v) is 18.6. The molecular weight excluding hydrogens is 426 g/mol. The Morgan fingerprint density at radius 2 is 1.65 bits per heavy atom. The lowest BCUT2D eigenvalue weighted by atomic mass is 9.95. The van der Waals surface area contributed by atoms with E-state index in [2.05, 4.69) is 10.0 Å². The highest BCUT2D eigenvalue weighted by molar-refractivity contribution is 7.89. The van der Waals surface area contributed by atoms with Crippen molar-refractivity contribution in [2.24, 2.45) is 5.92 Å². The first-order chi connectivity index (χ1) is 14.4. The molecule has 1 fully saturated rings. The van der Waals surface area contributed by atoms with Crippen molar-refractivity contribution in [3.8, 4) is 0 Å². The highest BCUT2D eigenvalue weighted by atomic mass is 32.2. The summed E-state index contributed by atoms with van der Waals surface area (Å²) in [5, 5.41) is 20.9. The molecule has 172 valence electrons. The molecule has 1 aromatic carbocycles. The molecule has 2 rings (SSSR count). The number of benzene rings is 1. The van der Waals surface area contributed by atoms with Crippen molar-refractivity contribution >= 4 is 27.8 Å². The summed E-state index contributed by atoms with van der Waals surface area (Å²) in [4.78, 5) is 37.7. The van der Waals surface area contributed by atoms with Gasteiger partial charge in [0.25, 0.3) is 0 Å². The molecule has 0 bridgehead atoms. The van der Waals surface area contributed by atoms with Gasteiger partial charge in [0, 0.05) is 19.0 Å². The molecule has 1 saturated heterocycles. The number of piperidine rings is 1. The molecule has 3 atom stereocenters. The van der Waals surface area contributed by atoms with Crippen LogP contribution < -0.4 is 10.0 Å². The van der Waals surface area contributed by atoms with Crippen LogP contribution in [0.3, 0.4) is 0 Å². The van der Waals surface area contributed by atoms with Gasteiger partial charge in [-0.1, -0.05) is 17.7 Å². The maximum absolute atomic E-state index is 12.7. The Morgan fingerprint density at radius 3 is 2.13 bits per heavy atom. The molecule has 1 unspecified atom stereocenters. The fourth-order valence-electron chi connectivity index (χ4n) is 3.36. The van der Waals surface area contributed by atoms with Crippen molar-refractivity contribution in [2.75, 3.05) is 13.1 Å². The summed E-state index contributed by atoms with van der Waals surface area (Å²) in [7, 11) is -3.85. The number of carbonyl (C=O) groups is 3. The largest absolute Gasteiger partial charge is 0.480 e. The van der Waals surface area contributed by atoms with Crippen molar-refractivity contribution in [1.29, 1.82) is 0 Å². The number of aliphatic hydroxyl groups is 1. The molecule has 1 aromatic rings. The second kappa shape index (κ2) is 10.2. The van der Waals surface area contributed by atoms with Crippen molar-refractivity contribution in [3.05, 3.63) is 29.8 Å². The molecule has 1 heterocycles. The van der Waals surface area contributed by atoms with Crippen LogP contribution >= 0.6 is 0 Å². The molecule has 0 aliphatic carbocycles. The second-order valence-electron chi connectivity index (χ2n) is 7.82. The van der Waals surface area contributed by atoms with E-state index < -0.39 is 51.9 Å². The number of hydrogen-bond acceptors (Lipinski definition) is 6. The Morgan fingerprint density at radius 1 is 1.10 bits per heavy atom. The monoisotopic (exact) mass is 455 g/mol. The normalized spacial score (nSPS) is 18.1. The van der Waals surface area contributed by atoms with Crippen LogP contribution in [-0.2, 0) is 24.4 Å². The molecule has 0 radical (unpaired) electrons. The Bertz CT molecular complexity index is 907. The Balaban J connectivity index is 1.91. The lowest BCUT2D eigenvalue weighted by Crippen LogP contribution is -2.53. The summed E-state index contributed by atoms with van der Waals surface area (Å²) in [5.74, 6) is -2.72. The fraction of sp³-hybridized carbons (Fsp3) is 0.550. The number of likely N-dealkylation sites (tertiary alicyclic amines) is 1. The quantitative estimate of drug-likeness (QED) is 0.425. The first kappa shape index (κ1) is 24.8. The molecule has 11 heteroatoms. The number of aryl methyl sites for hydroxylation is 1. The molecule has 0 spiro atoms. The van der Waals surface area contributed by atoms with Gasteiger partial charge in [0.1, 0.15) is 0 Å². The predicted molar refractivity (Wildman–Crippen MR) is 112 cm³/mol. The molecule has 2 amide bonds. The average Bonchev–Trinajstić information content (AvgIpc) is 2.70. The number of carboxylic acid groups (broad SMARTS) is 1. The summed E-state index contributed by atoms with van der Waals surface area (Å²) in [6.45, 7) is 5.05. The lowest BCUT2D eigenvalue weighted by molar-refractivity contribution is -0.146. The van der Waals surface area contributed by atoms with Crippen molar-refractivity contribution in [2.45, 2.75) is 56.7 Å². The maximum Gasteiger partial charge on any atom is 0.328 e. The van der Waals surface area contributed by atoms with Crippen LogP contribution in [0.15, 0.2) is 29.2 Å². The van der Waals surface area contributed by atoms with Gasteiger partial charge in [-0.2, -0.15) is 4.72 Å². The fourth-order valence-corrected chi connectivity index (χ4v) is 4.56. The number of sulfonamides is 1. The zero-order valence-electron chi connectivity index (χ0n) is 17.7. The van der Waals surface area contributed by atoms with Gasteiger partial charge in [0.15, 0.2) is 6.04 Å². The minimum absolute atomic E-state index is 0.0687. The number of nitrogens with one attached hydrogen (secondary N) is 2. The van der Waals surface area contributed by atoms with Gasteiger partial charge in [0.2, 0.25) is 21.8 Å². The van der Waals surface area contributed by atoms with Gasteiger partial charge in [0.05, 0.1) is 17.0 Å². The average molecular weight is 456 g/mol. The lowest BCUT2D eigenvalue weighted by Gasteiger charge is -2.33. The van der Waals surface area contributed by atoms with E-state index in [4.69, 9.17) is 5.11 Å². The molecular formula is C20H29N3O7S. The molecule has 0 saturated carbocycles. The van der Waals surface area contributed by atoms with E-state index in [1.807, 2.05) is 6.92 Å². The number of carboxylic acids is 1. The number of aliphatic hydroxyl groups excluding tert-OH is 1. The third-order valence-electron chi connectivity index (χ3n) is 5.26. The maximum atomic E-state index is 12.7. The van der Waals surface area contributed by atoms with Crippen LogP contribution in [0.5, 0.6) is 0 Å². The number of carbonyl (C=O) groups excluding carboxylic acids is 2. The van der Waals surface area contributed by atoms with Crippen molar-refractivity contribution < 1.29 is 33.0 Å². The van der Waals surface area contributed by atoms with Crippen molar-refractivity contribution in [3.63, 3.8) is 0 Å². The highest BCUT2D eigenvalue weighted by Gasteiger charge is 2.33. The van der Waals surface area contributed by atoms with Crippen molar-refractivity contribution in [1.82, 2.24) is 14.9 Å². The minimum Gasteiger partial charge on any atom is -0.480 e. The summed E-state index contributed by atoms with van der Waals surface area (Å²) in [6.07, 6.45) is -0.631. The standard InChI is InChI=1S/C20H29N3O7S/c1-12-4-6-16(7-5-12)31(29,30)22-13(2)19(26)23-10-8-15(9-11-23)18(25)21-17(14(3)24)20(27)28/h4-7,13-15,17,22,24H,8-11H2,1-3H3,(H,21,25)(H,27,28)/t13-,14?,17-/m0/s1. The van der Waals surface area contributed by atoms with E-state index in [1.165, 1.54) is 30.9 Å². The number of nitrogens with zero attached hydrogens (tertiary/aromatic N) is 1. The SMILES string of the molecule is Cc1ccc(S(=O)(=O)N[C@@H](C)C(=O)N2CCC(C(=O)N[C@H](C(=O)O)C(C)O)CC2)cc1. The van der Waals surface area contributed by atoms with Crippen LogP contribution in [0.4, 0.5) is 0 Å².